The Balaban J connectivity index is 0. The molecule has 0 amide bonds. The molecule has 0 aliphatic rings. The molecule has 0 aliphatic heterocycles. The van der Waals surface area contributed by atoms with E-state index in [2.05, 4.69) is 0 Å². The molecule has 0 saturated carbocycles. The van der Waals surface area contributed by atoms with Crippen LogP contribution < -0.4 is 27.8 Å². The third-order valence-corrected chi connectivity index (χ3v) is 1.38. The number of hydrogen-bond donors (Lipinski definition) is 2. The number of halogens is 4. The molecule has 0 bridgehead atoms. The second-order valence-corrected chi connectivity index (χ2v) is 2.22. The summed E-state index contributed by atoms with van der Waals surface area (Å²) in [7, 11) is -2.88. The number of benzene rings is 1. The van der Waals surface area contributed by atoms with Gasteiger partial charge < -0.3 is 22.3 Å². The highest BCUT2D eigenvalue weighted by molar-refractivity contribution is 6.55. The van der Waals surface area contributed by atoms with Crippen molar-refractivity contribution in [3.63, 3.8) is 0 Å². The van der Waals surface area contributed by atoms with Crippen molar-refractivity contribution in [3.8, 4) is 0 Å². The fourth-order valence-corrected chi connectivity index (χ4v) is 0.763. The van der Waals surface area contributed by atoms with Crippen LogP contribution in [0.1, 0.15) is 0 Å². The van der Waals surface area contributed by atoms with Crippen molar-refractivity contribution >= 4 is 12.6 Å². The highest BCUT2D eigenvalue weighted by atomic mass is 19.2. The fraction of sp³-hybridized carbons (Fsp3) is 0. The van der Waals surface area contributed by atoms with Crippen LogP contribution in [0.4, 0.5) is 17.6 Å². The summed E-state index contributed by atoms with van der Waals surface area (Å²) in [5, 5.41) is 20.2. The van der Waals surface area contributed by atoms with Crippen LogP contribution in [0.15, 0.2) is 6.07 Å². The van der Waals surface area contributed by atoms with Gasteiger partial charge in [-0.2, -0.15) is 0 Å². The summed E-state index contributed by atoms with van der Waals surface area (Å²) in [4.78, 5) is 0. The summed E-state index contributed by atoms with van der Waals surface area (Å²) in [6.07, 6.45) is 0. The number of hydrogen-bond acceptors (Lipinski definition) is 2. The van der Waals surface area contributed by atoms with Crippen molar-refractivity contribution in [1.82, 2.24) is 12.3 Å². The van der Waals surface area contributed by atoms with Gasteiger partial charge >= 0.3 is 0 Å². The molecule has 0 atom stereocenters. The van der Waals surface area contributed by atoms with E-state index in [1.807, 2.05) is 0 Å². The summed E-state index contributed by atoms with van der Waals surface area (Å²) < 4.78 is 49.4. The van der Waals surface area contributed by atoms with Crippen molar-refractivity contribution in [3.05, 3.63) is 29.3 Å². The van der Waals surface area contributed by atoms with E-state index in [0.29, 0.717) is 0 Å². The van der Waals surface area contributed by atoms with Crippen molar-refractivity contribution in [2.75, 3.05) is 0 Å². The highest BCUT2D eigenvalue weighted by Crippen LogP contribution is 2.11. The maximum Gasteiger partial charge on any atom is 0.197 e. The van der Waals surface area contributed by atoms with Gasteiger partial charge in [-0.1, -0.05) is 12.6 Å². The Labute approximate surface area is 82.8 Å². The molecule has 0 aliphatic carbocycles. The van der Waals surface area contributed by atoms with Crippen molar-refractivity contribution in [2.24, 2.45) is 0 Å². The first-order valence-electron chi connectivity index (χ1n) is 3.09. The van der Waals surface area contributed by atoms with E-state index in [-0.39, 0.29) is 18.4 Å². The molecular formula is C6H9BF4N2O2. The molecule has 0 unspecified atom stereocenters. The lowest BCUT2D eigenvalue weighted by Crippen LogP contribution is -2.56. The molecule has 1 aromatic carbocycles. The van der Waals surface area contributed by atoms with E-state index >= 15 is 0 Å². The van der Waals surface area contributed by atoms with Gasteiger partial charge in [0.05, 0.1) is 0 Å². The Kier molecular flexibility index (Phi) is 6.14. The smallest absolute Gasteiger partial charge is 0.197 e. The summed E-state index contributed by atoms with van der Waals surface area (Å²) >= 11 is 0. The molecule has 1 aromatic rings. The molecule has 0 heterocycles. The first-order valence-corrected chi connectivity index (χ1v) is 3.09. The summed E-state index contributed by atoms with van der Waals surface area (Å²) in [6, 6.07) is 0.0540. The van der Waals surface area contributed by atoms with E-state index < -0.39 is 35.9 Å². The lowest BCUT2D eigenvalue weighted by Gasteiger charge is -2.27. The minimum absolute atomic E-state index is 0. The van der Waals surface area contributed by atoms with E-state index in [9.17, 15) is 27.6 Å². The molecule has 9 heteroatoms. The Morgan fingerprint density at radius 1 is 0.867 bits per heavy atom. The van der Waals surface area contributed by atoms with E-state index in [4.69, 9.17) is 0 Å². The molecule has 15 heavy (non-hydrogen) atoms. The standard InChI is InChI=1S/C6HBF4O2.2H3N/c8-3-1-2(7(12)13)4(9)6(11)5(3)10;;/h1H;2*1H3/q-2;;/p+2. The predicted octanol–water partition coefficient (Wildman–Crippen LogP) is -0.589. The van der Waals surface area contributed by atoms with Crippen LogP contribution in [0.25, 0.3) is 0 Å². The number of quaternary nitrogens is 2. The van der Waals surface area contributed by atoms with Gasteiger partial charge in [0.25, 0.3) is 0 Å². The Bertz CT molecular complexity index is 350. The monoisotopic (exact) mass is 228 g/mol. The zero-order chi connectivity index (χ0) is 10.2. The van der Waals surface area contributed by atoms with Crippen LogP contribution in [0.3, 0.4) is 0 Å². The lowest BCUT2D eigenvalue weighted by molar-refractivity contribution is -0.341. The third kappa shape index (κ3) is 2.89. The molecule has 0 spiro atoms. The summed E-state index contributed by atoms with van der Waals surface area (Å²) in [5.74, 6) is -7.88. The predicted molar refractivity (Wildman–Crippen MR) is 43.6 cm³/mol. The first kappa shape index (κ1) is 16.3. The Morgan fingerprint density at radius 3 is 1.73 bits per heavy atom. The lowest BCUT2D eigenvalue weighted by atomic mass is 9.79. The van der Waals surface area contributed by atoms with Crippen LogP contribution >= 0.6 is 0 Å². The SMILES string of the molecule is [NH4+].[NH4+].[O-]B([O-])c1cc(F)c(F)c(F)c1F. The van der Waals surface area contributed by atoms with Crippen LogP contribution in [0.2, 0.25) is 0 Å². The third-order valence-electron chi connectivity index (χ3n) is 1.38. The molecule has 0 radical (unpaired) electrons. The Hall–Kier alpha value is -1.16. The molecule has 0 saturated heterocycles. The second kappa shape index (κ2) is 5.66. The maximum absolute atomic E-state index is 12.5. The van der Waals surface area contributed by atoms with Crippen LogP contribution in [0.5, 0.6) is 0 Å². The van der Waals surface area contributed by atoms with Gasteiger partial charge in [0.2, 0.25) is 0 Å². The topological polar surface area (TPSA) is 119 Å². The van der Waals surface area contributed by atoms with Gasteiger partial charge in [0.15, 0.2) is 23.3 Å². The van der Waals surface area contributed by atoms with E-state index in [1.54, 1.807) is 0 Å². The van der Waals surface area contributed by atoms with Crippen molar-refractivity contribution in [1.29, 1.82) is 0 Å². The van der Waals surface area contributed by atoms with Gasteiger partial charge in [0.1, 0.15) is 0 Å². The van der Waals surface area contributed by atoms with E-state index in [0.717, 1.165) is 0 Å². The number of rotatable bonds is 1. The fourth-order valence-electron chi connectivity index (χ4n) is 0.763. The minimum atomic E-state index is -2.88. The average Bonchev–Trinajstić information content (AvgIpc) is 2.07. The van der Waals surface area contributed by atoms with Crippen molar-refractivity contribution in [2.45, 2.75) is 0 Å². The molecule has 1 rings (SSSR count). The van der Waals surface area contributed by atoms with Gasteiger partial charge in [-0.15, -0.1) is 0 Å². The normalized spacial score (nSPS) is 8.93. The Morgan fingerprint density at radius 2 is 1.33 bits per heavy atom. The zero-order valence-electron chi connectivity index (χ0n) is 7.98. The minimum Gasteiger partial charge on any atom is -0.889 e. The largest absolute Gasteiger partial charge is 0.889 e. The first-order chi connectivity index (χ1) is 5.95. The van der Waals surface area contributed by atoms with Gasteiger partial charge in [-0.05, 0) is 6.07 Å². The molecule has 0 aromatic heterocycles. The van der Waals surface area contributed by atoms with Crippen LogP contribution in [0, 0.1) is 23.3 Å². The van der Waals surface area contributed by atoms with E-state index in [1.165, 1.54) is 0 Å². The average molecular weight is 228 g/mol. The van der Waals surface area contributed by atoms with Crippen LogP contribution in [-0.2, 0) is 0 Å². The summed E-state index contributed by atoms with van der Waals surface area (Å²) in [5.41, 5.74) is -1.27. The highest BCUT2D eigenvalue weighted by Gasteiger charge is 2.16. The summed E-state index contributed by atoms with van der Waals surface area (Å²) in [6.45, 7) is 0. The van der Waals surface area contributed by atoms with Gasteiger partial charge in [0, 0.05) is 0 Å². The molecule has 8 N–H and O–H groups in total. The maximum atomic E-state index is 12.5. The van der Waals surface area contributed by atoms with Gasteiger partial charge in [-0.25, -0.2) is 17.6 Å². The van der Waals surface area contributed by atoms with Crippen LogP contribution in [-0.4, -0.2) is 7.12 Å². The molecular weight excluding hydrogens is 219 g/mol. The van der Waals surface area contributed by atoms with Gasteiger partial charge in [-0.3, -0.25) is 0 Å². The zero-order valence-corrected chi connectivity index (χ0v) is 7.98. The van der Waals surface area contributed by atoms with Crippen molar-refractivity contribution < 1.29 is 27.6 Å². The quantitative estimate of drug-likeness (QED) is 0.289. The molecule has 86 valence electrons. The molecule has 4 nitrogen and oxygen atoms in total. The second-order valence-electron chi connectivity index (χ2n) is 2.22. The molecule has 0 fully saturated rings.